The van der Waals surface area contributed by atoms with Crippen LogP contribution in [0.1, 0.15) is 34.7 Å². The van der Waals surface area contributed by atoms with Crippen LogP contribution in [0.3, 0.4) is 0 Å². The van der Waals surface area contributed by atoms with Crippen molar-refractivity contribution in [3.8, 4) is 0 Å². The molecule has 2 saturated heterocycles. The van der Waals surface area contributed by atoms with Gasteiger partial charge in [0, 0.05) is 72.7 Å². The molecule has 0 aromatic heterocycles. The summed E-state index contributed by atoms with van der Waals surface area (Å²) in [6.45, 7) is 3.66. The van der Waals surface area contributed by atoms with Gasteiger partial charge in [0.25, 0.3) is 0 Å². The predicted molar refractivity (Wildman–Crippen MR) is 152 cm³/mol. The molecule has 0 saturated carbocycles. The maximum absolute atomic E-state index is 14.1. The van der Waals surface area contributed by atoms with Gasteiger partial charge in [-0.15, -0.1) is 0 Å². The average Bonchev–Trinajstić information content (AvgIpc) is 2.85. The summed E-state index contributed by atoms with van der Waals surface area (Å²) in [5.74, 6) is 0.673. The van der Waals surface area contributed by atoms with Crippen molar-refractivity contribution in [1.29, 1.82) is 0 Å². The first-order valence-electron chi connectivity index (χ1n) is 12.5. The quantitative estimate of drug-likeness (QED) is 0.328. The first-order valence-corrected chi connectivity index (χ1v) is 15.9. The van der Waals surface area contributed by atoms with Crippen molar-refractivity contribution < 1.29 is 17.2 Å². The number of hydrogen-bond donors (Lipinski definition) is 0. The van der Waals surface area contributed by atoms with Crippen LogP contribution >= 0.6 is 23.4 Å². The fourth-order valence-corrected chi connectivity index (χ4v) is 7.48. The summed E-state index contributed by atoms with van der Waals surface area (Å²) in [6.07, 6.45) is 1.56. The lowest BCUT2D eigenvalue weighted by atomic mass is 9.91. The Morgan fingerprint density at radius 3 is 2.03 bits per heavy atom. The fourth-order valence-electron chi connectivity index (χ4n) is 5.18. The first-order chi connectivity index (χ1) is 18.2. The van der Waals surface area contributed by atoms with Crippen LogP contribution in [0, 0.1) is 11.6 Å². The summed E-state index contributed by atoms with van der Waals surface area (Å²) in [5.41, 5.74) is 3.75. The molecule has 3 aromatic carbocycles. The number of hydrogen-bond acceptors (Lipinski definition) is 5. The smallest absolute Gasteiger partial charge is 0.177 e. The van der Waals surface area contributed by atoms with E-state index < -0.39 is 21.5 Å². The van der Waals surface area contributed by atoms with Crippen LogP contribution in [0.2, 0.25) is 5.02 Å². The third-order valence-corrected chi connectivity index (χ3v) is 9.40. The van der Waals surface area contributed by atoms with Crippen LogP contribution in [0.4, 0.5) is 8.78 Å². The van der Waals surface area contributed by atoms with Crippen LogP contribution in [0.5, 0.6) is 0 Å². The Morgan fingerprint density at radius 2 is 1.50 bits per heavy atom. The van der Waals surface area contributed by atoms with Crippen LogP contribution in [0.15, 0.2) is 72.4 Å². The van der Waals surface area contributed by atoms with Gasteiger partial charge in [-0.2, -0.15) is 11.8 Å². The van der Waals surface area contributed by atoms with Crippen molar-refractivity contribution in [1.82, 2.24) is 9.80 Å². The standard InChI is InChI=1S/C29H29ClF2N2O2S2/c1-38(35,36)29(23-16-25(31)18-26(32)17-23)27-10-11-34(27)28(22-6-8-24(30)9-7-22)21-4-2-20(3-5-21)19-33-12-14-37-15-13-33/h2-9,16-18,28H,10-15,19H2,1H3/b29-27-. The Morgan fingerprint density at radius 1 is 0.921 bits per heavy atom. The highest BCUT2D eigenvalue weighted by Crippen LogP contribution is 2.43. The van der Waals surface area contributed by atoms with E-state index in [2.05, 4.69) is 29.2 Å². The van der Waals surface area contributed by atoms with Gasteiger partial charge >= 0.3 is 0 Å². The number of sulfone groups is 1. The highest BCUT2D eigenvalue weighted by Gasteiger charge is 2.36. The van der Waals surface area contributed by atoms with Crippen LogP contribution in [-0.2, 0) is 16.4 Å². The number of likely N-dealkylation sites (tertiary alicyclic amines) is 1. The zero-order valence-corrected chi connectivity index (χ0v) is 23.4. The Bertz CT molecular complexity index is 1420. The van der Waals surface area contributed by atoms with Crippen molar-refractivity contribution in [3.63, 3.8) is 0 Å². The summed E-state index contributed by atoms with van der Waals surface area (Å²) in [4.78, 5) is 4.43. The molecule has 0 amide bonds. The number of thioether (sulfide) groups is 1. The highest BCUT2D eigenvalue weighted by atomic mass is 35.5. The lowest BCUT2D eigenvalue weighted by molar-refractivity contribution is 0.212. The number of nitrogens with zero attached hydrogens (tertiary/aromatic N) is 2. The molecule has 2 fully saturated rings. The SMILES string of the molecule is CS(=O)(=O)/C(=C1/CCN1C(c1ccc(Cl)cc1)c1ccc(CN2CCSCC2)cc1)c1cc(F)cc(F)c1. The van der Waals surface area contributed by atoms with Gasteiger partial charge in [-0.05, 0) is 41.0 Å². The van der Waals surface area contributed by atoms with E-state index in [1.54, 1.807) is 0 Å². The summed E-state index contributed by atoms with van der Waals surface area (Å²) in [6, 6.07) is 18.5. The highest BCUT2D eigenvalue weighted by molar-refractivity contribution is 8.00. The van der Waals surface area contributed by atoms with E-state index in [1.165, 1.54) is 5.56 Å². The Kier molecular flexibility index (Phi) is 8.14. The minimum Gasteiger partial charge on any atom is -0.362 e. The van der Waals surface area contributed by atoms with Gasteiger partial charge in [0.15, 0.2) is 9.84 Å². The lowest BCUT2D eigenvalue weighted by Gasteiger charge is -2.44. The minimum atomic E-state index is -3.80. The average molecular weight is 575 g/mol. The molecular weight excluding hydrogens is 546 g/mol. The Balaban J connectivity index is 1.55. The van der Waals surface area contributed by atoms with Crippen molar-refractivity contribution >= 4 is 38.1 Å². The van der Waals surface area contributed by atoms with Gasteiger partial charge in [0.2, 0.25) is 0 Å². The molecule has 38 heavy (non-hydrogen) atoms. The summed E-state index contributed by atoms with van der Waals surface area (Å²) >= 11 is 8.16. The molecule has 2 aliphatic rings. The van der Waals surface area contributed by atoms with Gasteiger partial charge in [0.05, 0.1) is 10.9 Å². The molecule has 1 unspecified atom stereocenters. The molecule has 5 rings (SSSR count). The molecule has 2 aliphatic heterocycles. The van der Waals surface area contributed by atoms with Gasteiger partial charge in [-0.3, -0.25) is 4.90 Å². The van der Waals surface area contributed by atoms with Crippen LogP contribution in [0.25, 0.3) is 4.91 Å². The number of halogens is 3. The molecule has 4 nitrogen and oxygen atoms in total. The molecule has 0 radical (unpaired) electrons. The van der Waals surface area contributed by atoms with Gasteiger partial charge in [-0.1, -0.05) is 48.0 Å². The molecular formula is C29H29ClF2N2O2S2. The maximum Gasteiger partial charge on any atom is 0.177 e. The van der Waals surface area contributed by atoms with Crippen molar-refractivity contribution in [2.24, 2.45) is 0 Å². The van der Waals surface area contributed by atoms with E-state index in [9.17, 15) is 17.2 Å². The second-order valence-corrected chi connectivity index (χ2v) is 13.3. The van der Waals surface area contributed by atoms with Gasteiger partial charge < -0.3 is 4.90 Å². The molecule has 9 heteroatoms. The third-order valence-electron chi connectivity index (χ3n) is 7.00. The topological polar surface area (TPSA) is 40.6 Å². The molecule has 3 aromatic rings. The second kappa shape index (κ2) is 11.4. The normalized spacial score (nSPS) is 18.7. The lowest BCUT2D eigenvalue weighted by Crippen LogP contribution is -2.40. The van der Waals surface area contributed by atoms with E-state index in [4.69, 9.17) is 11.6 Å². The van der Waals surface area contributed by atoms with E-state index >= 15 is 0 Å². The van der Waals surface area contributed by atoms with Crippen molar-refractivity contribution in [2.45, 2.75) is 19.0 Å². The van der Waals surface area contributed by atoms with Gasteiger partial charge in [0.1, 0.15) is 11.6 Å². The van der Waals surface area contributed by atoms with E-state index in [1.807, 2.05) is 40.9 Å². The Hall–Kier alpha value is -2.39. The van der Waals surface area contributed by atoms with Crippen LogP contribution < -0.4 is 0 Å². The van der Waals surface area contributed by atoms with E-state index in [0.717, 1.165) is 66.7 Å². The molecule has 0 bridgehead atoms. The molecule has 1 atom stereocenters. The molecule has 2 heterocycles. The monoisotopic (exact) mass is 574 g/mol. The summed E-state index contributed by atoms with van der Waals surface area (Å²) in [7, 11) is -3.80. The summed E-state index contributed by atoms with van der Waals surface area (Å²) in [5, 5.41) is 0.606. The largest absolute Gasteiger partial charge is 0.362 e. The van der Waals surface area contributed by atoms with Crippen molar-refractivity contribution in [2.75, 3.05) is 37.4 Å². The molecule has 0 N–H and O–H groups in total. The molecule has 0 aliphatic carbocycles. The van der Waals surface area contributed by atoms with E-state index in [0.29, 0.717) is 23.7 Å². The number of rotatable bonds is 7. The van der Waals surface area contributed by atoms with Crippen molar-refractivity contribution in [3.05, 3.63) is 111 Å². The second-order valence-electron chi connectivity index (χ2n) is 9.73. The summed E-state index contributed by atoms with van der Waals surface area (Å²) < 4.78 is 54.1. The number of benzene rings is 3. The third kappa shape index (κ3) is 6.09. The first kappa shape index (κ1) is 27.2. The van der Waals surface area contributed by atoms with E-state index in [-0.39, 0.29) is 16.5 Å². The molecule has 200 valence electrons. The van der Waals surface area contributed by atoms with Gasteiger partial charge in [-0.25, -0.2) is 17.2 Å². The zero-order valence-electron chi connectivity index (χ0n) is 21.0. The predicted octanol–water partition coefficient (Wildman–Crippen LogP) is 6.38. The fraction of sp³-hybridized carbons (Fsp3) is 0.310. The maximum atomic E-state index is 14.1. The Labute approximate surface area is 232 Å². The zero-order chi connectivity index (χ0) is 26.9. The van der Waals surface area contributed by atoms with Crippen LogP contribution in [-0.4, -0.2) is 55.6 Å². The minimum absolute atomic E-state index is 0.0228. The molecule has 0 spiro atoms.